The van der Waals surface area contributed by atoms with Gasteiger partial charge in [0, 0.05) is 11.9 Å². The highest BCUT2D eigenvalue weighted by molar-refractivity contribution is 9.08. The van der Waals surface area contributed by atoms with Crippen molar-refractivity contribution in [3.05, 3.63) is 24.0 Å². The number of aryl methyl sites for hydroxylation is 1. The predicted molar refractivity (Wildman–Crippen MR) is 51.9 cm³/mol. The van der Waals surface area contributed by atoms with Crippen molar-refractivity contribution in [2.45, 2.75) is 26.7 Å². The number of hydrogen-bond donors (Lipinski definition) is 0. The van der Waals surface area contributed by atoms with Crippen molar-refractivity contribution < 1.29 is 0 Å². The van der Waals surface area contributed by atoms with E-state index in [2.05, 4.69) is 42.1 Å². The molecule has 0 bridgehead atoms. The van der Waals surface area contributed by atoms with Crippen molar-refractivity contribution in [1.29, 1.82) is 0 Å². The molecule has 0 radical (unpaired) electrons. The Morgan fingerprint density at radius 3 is 2.73 bits per heavy atom. The van der Waals surface area contributed by atoms with Gasteiger partial charge in [0.25, 0.3) is 0 Å². The molecule has 0 atom stereocenters. The van der Waals surface area contributed by atoms with Crippen molar-refractivity contribution in [2.24, 2.45) is 5.92 Å². The van der Waals surface area contributed by atoms with E-state index in [9.17, 15) is 0 Å². The van der Waals surface area contributed by atoms with E-state index in [1.807, 2.05) is 9.79 Å². The minimum Gasteiger partial charge on any atom is -0.288 e. The first-order valence-corrected chi connectivity index (χ1v) is 4.73. The monoisotopic (exact) mass is 215 g/mol. The highest BCUT2D eigenvalue weighted by Gasteiger charge is 1.99. The Morgan fingerprint density at radius 2 is 2.27 bits per heavy atom. The fourth-order valence-electron chi connectivity index (χ4n) is 1.02. The minimum absolute atomic E-state index is 0.789. The van der Waals surface area contributed by atoms with Gasteiger partial charge in [-0.2, -0.15) is 0 Å². The summed E-state index contributed by atoms with van der Waals surface area (Å²) in [7, 11) is 0. The van der Waals surface area contributed by atoms with Crippen LogP contribution in [0.25, 0.3) is 0 Å². The van der Waals surface area contributed by atoms with Crippen molar-refractivity contribution in [3.63, 3.8) is 0 Å². The molecule has 0 N–H and O–H groups in total. The largest absolute Gasteiger partial charge is 0.288 e. The van der Waals surface area contributed by atoms with Crippen LogP contribution >= 0.6 is 16.1 Å². The molecule has 11 heavy (non-hydrogen) atoms. The van der Waals surface area contributed by atoms with Crippen molar-refractivity contribution in [2.75, 3.05) is 0 Å². The van der Waals surface area contributed by atoms with Crippen LogP contribution in [-0.2, 0) is 6.42 Å². The third-order valence-corrected chi connectivity index (χ3v) is 2.45. The van der Waals surface area contributed by atoms with Gasteiger partial charge in [0.05, 0.1) is 16.1 Å². The van der Waals surface area contributed by atoms with Crippen LogP contribution in [0.2, 0.25) is 0 Å². The van der Waals surface area contributed by atoms with Crippen LogP contribution in [0.1, 0.15) is 26.0 Å². The Bertz CT molecular complexity index is 215. The van der Waals surface area contributed by atoms with E-state index >= 15 is 0 Å². The van der Waals surface area contributed by atoms with E-state index in [1.54, 1.807) is 0 Å². The first-order valence-electron chi connectivity index (χ1n) is 4.02. The lowest BCUT2D eigenvalue weighted by Crippen LogP contribution is -1.94. The van der Waals surface area contributed by atoms with E-state index < -0.39 is 0 Å². The molecule has 0 unspecified atom stereocenters. The summed E-state index contributed by atoms with van der Waals surface area (Å²) < 4.78 is 2.01. The summed E-state index contributed by atoms with van der Waals surface area (Å²) in [5.74, 6) is 0.789. The molecular weight excluding hydrogens is 202 g/mol. The molecule has 0 aromatic carbocycles. The molecular formula is C9H14BrN. The van der Waals surface area contributed by atoms with Crippen molar-refractivity contribution in [1.82, 2.24) is 3.59 Å². The first-order chi connectivity index (χ1) is 5.20. The van der Waals surface area contributed by atoms with Gasteiger partial charge in [0.15, 0.2) is 0 Å². The van der Waals surface area contributed by atoms with Crippen LogP contribution in [0.3, 0.4) is 0 Å². The van der Waals surface area contributed by atoms with Crippen LogP contribution < -0.4 is 0 Å². The van der Waals surface area contributed by atoms with E-state index in [1.165, 1.54) is 12.1 Å². The maximum Gasteiger partial charge on any atom is 0.0542 e. The summed E-state index contributed by atoms with van der Waals surface area (Å²) in [5.41, 5.74) is 1.36. The molecule has 0 fully saturated rings. The van der Waals surface area contributed by atoms with Gasteiger partial charge in [0.2, 0.25) is 0 Å². The number of halogens is 1. The molecule has 0 aliphatic carbocycles. The molecule has 0 spiro atoms. The zero-order valence-electron chi connectivity index (χ0n) is 7.05. The number of hydrogen-bond acceptors (Lipinski definition) is 0. The highest BCUT2D eigenvalue weighted by Crippen LogP contribution is 2.11. The van der Waals surface area contributed by atoms with Crippen molar-refractivity contribution >= 4 is 16.1 Å². The fraction of sp³-hybridized carbons (Fsp3) is 0.556. The van der Waals surface area contributed by atoms with Gasteiger partial charge in [-0.1, -0.05) is 13.8 Å². The van der Waals surface area contributed by atoms with Gasteiger partial charge in [0.1, 0.15) is 0 Å². The van der Waals surface area contributed by atoms with Gasteiger partial charge in [-0.25, -0.2) is 0 Å². The molecule has 0 saturated heterocycles. The Labute approximate surface area is 76.8 Å². The third-order valence-electron chi connectivity index (χ3n) is 1.76. The van der Waals surface area contributed by atoms with E-state index in [0.717, 1.165) is 12.3 Å². The molecule has 1 aromatic rings. The quantitative estimate of drug-likeness (QED) is 0.730. The van der Waals surface area contributed by atoms with E-state index in [0.29, 0.717) is 0 Å². The fourth-order valence-corrected chi connectivity index (χ4v) is 1.46. The van der Waals surface area contributed by atoms with Gasteiger partial charge >= 0.3 is 0 Å². The molecule has 62 valence electrons. The van der Waals surface area contributed by atoms with Crippen LogP contribution in [0.4, 0.5) is 0 Å². The predicted octanol–water partition coefficient (Wildman–Crippen LogP) is 3.23. The molecule has 1 aromatic heterocycles. The number of aromatic nitrogens is 1. The standard InChI is InChI=1S/C9H14BrN/c1-8(2)5-6-9-4-3-7-11(9)10/h3-4,7-8H,5-6H2,1-2H3. The lowest BCUT2D eigenvalue weighted by Gasteiger charge is -2.03. The summed E-state index contributed by atoms with van der Waals surface area (Å²) in [5, 5.41) is 0. The van der Waals surface area contributed by atoms with Crippen LogP contribution in [0.15, 0.2) is 18.3 Å². The van der Waals surface area contributed by atoms with Gasteiger partial charge in [-0.3, -0.25) is 3.59 Å². The molecule has 1 heterocycles. The smallest absolute Gasteiger partial charge is 0.0542 e. The number of nitrogens with zero attached hydrogens (tertiary/aromatic N) is 1. The lowest BCUT2D eigenvalue weighted by molar-refractivity contribution is 0.581. The maximum absolute atomic E-state index is 3.43. The van der Waals surface area contributed by atoms with Gasteiger partial charge in [-0.15, -0.1) is 0 Å². The third kappa shape index (κ3) is 2.70. The topological polar surface area (TPSA) is 4.93 Å². The second-order valence-electron chi connectivity index (χ2n) is 3.24. The summed E-state index contributed by atoms with van der Waals surface area (Å²) in [6.45, 7) is 4.50. The zero-order valence-corrected chi connectivity index (χ0v) is 8.63. The highest BCUT2D eigenvalue weighted by atomic mass is 79.9. The Balaban J connectivity index is 2.44. The summed E-state index contributed by atoms with van der Waals surface area (Å²) in [6.07, 6.45) is 4.45. The van der Waals surface area contributed by atoms with Crippen LogP contribution in [0, 0.1) is 5.92 Å². The van der Waals surface area contributed by atoms with Gasteiger partial charge in [-0.05, 0) is 30.9 Å². The van der Waals surface area contributed by atoms with Crippen LogP contribution in [-0.4, -0.2) is 3.59 Å². The molecule has 0 aliphatic rings. The first kappa shape index (κ1) is 8.85. The Kier molecular flexibility index (Phi) is 3.18. The minimum atomic E-state index is 0.789. The average Bonchev–Trinajstić information content (AvgIpc) is 2.31. The van der Waals surface area contributed by atoms with Crippen molar-refractivity contribution in [3.8, 4) is 0 Å². The normalized spacial score (nSPS) is 10.9. The molecule has 0 saturated carbocycles. The second kappa shape index (κ2) is 3.96. The maximum atomic E-state index is 3.43. The molecule has 1 nitrogen and oxygen atoms in total. The second-order valence-corrected chi connectivity index (χ2v) is 4.01. The van der Waals surface area contributed by atoms with E-state index in [-0.39, 0.29) is 0 Å². The Hall–Kier alpha value is -0.240. The molecule has 0 amide bonds. The Morgan fingerprint density at radius 1 is 1.55 bits per heavy atom. The zero-order chi connectivity index (χ0) is 8.27. The average molecular weight is 216 g/mol. The summed E-state index contributed by atoms with van der Waals surface area (Å²) in [6, 6.07) is 4.21. The molecule has 2 heteroatoms. The number of rotatable bonds is 3. The summed E-state index contributed by atoms with van der Waals surface area (Å²) in [4.78, 5) is 0. The summed E-state index contributed by atoms with van der Waals surface area (Å²) >= 11 is 3.43. The van der Waals surface area contributed by atoms with Crippen LogP contribution in [0.5, 0.6) is 0 Å². The lowest BCUT2D eigenvalue weighted by atomic mass is 10.1. The van der Waals surface area contributed by atoms with Gasteiger partial charge < -0.3 is 0 Å². The SMILES string of the molecule is CC(C)CCc1cccn1Br. The molecule has 0 aliphatic heterocycles. The molecule has 1 rings (SSSR count). The van der Waals surface area contributed by atoms with E-state index in [4.69, 9.17) is 0 Å².